The SMILES string of the molecule is Cc1ccc(CN(CCC(=O)N2CCNCC2)C(=O)c2ccc(F)c(Cl)c2)cc1.O=C(O)C(F)(F)F. The van der Waals surface area contributed by atoms with Gasteiger partial charge in [-0.05, 0) is 30.7 Å². The molecule has 3 rings (SSSR count). The van der Waals surface area contributed by atoms with Gasteiger partial charge in [0.1, 0.15) is 5.82 Å². The van der Waals surface area contributed by atoms with E-state index in [-0.39, 0.29) is 29.8 Å². The summed E-state index contributed by atoms with van der Waals surface area (Å²) >= 11 is 5.86. The normalized spacial score (nSPS) is 13.4. The number of amides is 2. The van der Waals surface area contributed by atoms with Crippen LogP contribution in [0.3, 0.4) is 0 Å². The number of piperazine rings is 1. The van der Waals surface area contributed by atoms with Gasteiger partial charge in [-0.1, -0.05) is 41.4 Å². The summed E-state index contributed by atoms with van der Waals surface area (Å²) in [6, 6.07) is 11.8. The van der Waals surface area contributed by atoms with Gasteiger partial charge in [0.2, 0.25) is 5.91 Å². The predicted octanol–water partition coefficient (Wildman–Crippen LogP) is 3.89. The molecule has 0 aliphatic carbocycles. The van der Waals surface area contributed by atoms with Crippen molar-refractivity contribution in [3.8, 4) is 0 Å². The van der Waals surface area contributed by atoms with Gasteiger partial charge in [0.05, 0.1) is 5.02 Å². The van der Waals surface area contributed by atoms with Gasteiger partial charge in [0.15, 0.2) is 0 Å². The second kappa shape index (κ2) is 13.2. The van der Waals surface area contributed by atoms with E-state index in [1.165, 1.54) is 18.2 Å². The van der Waals surface area contributed by atoms with Crippen molar-refractivity contribution in [3.05, 3.63) is 70.0 Å². The lowest BCUT2D eigenvalue weighted by Gasteiger charge is -2.29. The van der Waals surface area contributed by atoms with E-state index < -0.39 is 18.0 Å². The third-order valence-corrected chi connectivity index (χ3v) is 5.55. The van der Waals surface area contributed by atoms with Crippen molar-refractivity contribution in [3.63, 3.8) is 0 Å². The fraction of sp³-hybridized carbons (Fsp3) is 0.375. The average molecular weight is 532 g/mol. The number of carbonyl (C=O) groups is 3. The average Bonchev–Trinajstić information content (AvgIpc) is 2.84. The van der Waals surface area contributed by atoms with Crippen LogP contribution in [0.25, 0.3) is 0 Å². The Kier molecular flexibility index (Phi) is 10.7. The molecule has 12 heteroatoms. The quantitative estimate of drug-likeness (QED) is 0.552. The maximum absolute atomic E-state index is 13.5. The van der Waals surface area contributed by atoms with Crippen LogP contribution in [0.5, 0.6) is 0 Å². The zero-order valence-electron chi connectivity index (χ0n) is 19.4. The molecule has 0 aromatic heterocycles. The second-order valence-corrected chi connectivity index (χ2v) is 8.43. The third kappa shape index (κ3) is 9.12. The first kappa shape index (κ1) is 29.1. The molecule has 2 aromatic carbocycles. The number of halogens is 5. The van der Waals surface area contributed by atoms with Crippen molar-refractivity contribution in [1.29, 1.82) is 0 Å². The highest BCUT2D eigenvalue weighted by molar-refractivity contribution is 6.31. The van der Waals surface area contributed by atoms with Crippen LogP contribution in [0.15, 0.2) is 42.5 Å². The molecule has 0 radical (unpaired) electrons. The van der Waals surface area contributed by atoms with Crippen LogP contribution in [-0.4, -0.2) is 71.6 Å². The molecule has 1 saturated heterocycles. The van der Waals surface area contributed by atoms with E-state index in [1.807, 2.05) is 36.1 Å². The minimum absolute atomic E-state index is 0.0327. The van der Waals surface area contributed by atoms with Crippen LogP contribution in [0.2, 0.25) is 5.02 Å². The Morgan fingerprint density at radius 3 is 2.19 bits per heavy atom. The number of benzene rings is 2. The molecule has 1 fully saturated rings. The number of nitrogens with one attached hydrogen (secondary N) is 1. The van der Waals surface area contributed by atoms with E-state index in [1.54, 1.807) is 4.90 Å². The maximum Gasteiger partial charge on any atom is 0.490 e. The van der Waals surface area contributed by atoms with Crippen molar-refractivity contribution >= 4 is 29.4 Å². The van der Waals surface area contributed by atoms with Gasteiger partial charge >= 0.3 is 12.1 Å². The zero-order valence-corrected chi connectivity index (χ0v) is 20.2. The van der Waals surface area contributed by atoms with Crippen molar-refractivity contribution < 1.29 is 37.1 Å². The summed E-state index contributed by atoms with van der Waals surface area (Å²) in [5, 5.41) is 10.3. The summed E-state index contributed by atoms with van der Waals surface area (Å²) in [7, 11) is 0. The number of rotatable bonds is 6. The van der Waals surface area contributed by atoms with E-state index in [4.69, 9.17) is 21.5 Å². The van der Waals surface area contributed by atoms with Crippen molar-refractivity contribution in [2.75, 3.05) is 32.7 Å². The lowest BCUT2D eigenvalue weighted by Crippen LogP contribution is -2.47. The van der Waals surface area contributed by atoms with E-state index >= 15 is 0 Å². The summed E-state index contributed by atoms with van der Waals surface area (Å²) in [6.07, 6.45) is -4.84. The first-order valence-corrected chi connectivity index (χ1v) is 11.3. The molecule has 0 atom stereocenters. The van der Waals surface area contributed by atoms with E-state index in [9.17, 15) is 27.2 Å². The summed E-state index contributed by atoms with van der Waals surface area (Å²) in [6.45, 7) is 5.57. The first-order chi connectivity index (χ1) is 16.9. The number of aryl methyl sites for hydroxylation is 1. The number of carbonyl (C=O) groups excluding carboxylic acids is 2. The number of nitrogens with zero attached hydrogens (tertiary/aromatic N) is 2. The predicted molar refractivity (Wildman–Crippen MR) is 125 cm³/mol. The molecule has 2 amide bonds. The van der Waals surface area contributed by atoms with Crippen molar-refractivity contribution in [2.45, 2.75) is 26.1 Å². The van der Waals surface area contributed by atoms with Crippen LogP contribution in [0, 0.1) is 12.7 Å². The summed E-state index contributed by atoms with van der Waals surface area (Å²) < 4.78 is 45.2. The second-order valence-electron chi connectivity index (χ2n) is 8.02. The van der Waals surface area contributed by atoms with Gasteiger partial charge in [0.25, 0.3) is 5.91 Å². The zero-order chi connectivity index (χ0) is 26.9. The number of carboxylic acids is 1. The standard InChI is InChI=1S/C22H25ClFN3O2.C2HF3O2/c1-16-2-4-17(5-3-16)15-27(11-8-21(28)26-12-9-25-10-13-26)22(29)18-6-7-20(24)19(23)14-18;3-2(4,5)1(6)7/h2-7,14,25H,8-13,15H2,1H3;(H,6,7). The van der Waals surface area contributed by atoms with E-state index in [0.29, 0.717) is 25.2 Å². The number of hydrogen-bond donors (Lipinski definition) is 2. The Labute approximate surface area is 210 Å². The highest BCUT2D eigenvalue weighted by Crippen LogP contribution is 2.19. The summed E-state index contributed by atoms with van der Waals surface area (Å²) in [5.41, 5.74) is 2.40. The van der Waals surface area contributed by atoms with Gasteiger partial charge in [-0.15, -0.1) is 0 Å². The summed E-state index contributed by atoms with van der Waals surface area (Å²) in [5.74, 6) is -3.57. The first-order valence-electron chi connectivity index (χ1n) is 11.0. The minimum Gasteiger partial charge on any atom is -0.475 e. The topological polar surface area (TPSA) is 90.0 Å². The van der Waals surface area contributed by atoms with Crippen LogP contribution < -0.4 is 5.32 Å². The van der Waals surface area contributed by atoms with Crippen LogP contribution in [-0.2, 0) is 16.1 Å². The molecule has 2 N–H and O–H groups in total. The molecule has 0 bridgehead atoms. The smallest absolute Gasteiger partial charge is 0.475 e. The molecule has 2 aromatic rings. The molecular formula is C24H26ClF4N3O4. The van der Waals surface area contributed by atoms with Crippen LogP contribution in [0.4, 0.5) is 17.6 Å². The van der Waals surface area contributed by atoms with E-state index in [0.717, 1.165) is 24.2 Å². The number of alkyl halides is 3. The van der Waals surface area contributed by atoms with Gasteiger partial charge < -0.3 is 20.2 Å². The molecule has 0 spiro atoms. The molecule has 0 unspecified atom stereocenters. The van der Waals surface area contributed by atoms with Gasteiger partial charge in [-0.2, -0.15) is 13.2 Å². The molecule has 36 heavy (non-hydrogen) atoms. The van der Waals surface area contributed by atoms with Crippen molar-refractivity contribution in [2.24, 2.45) is 0 Å². The molecule has 1 aliphatic rings. The maximum atomic E-state index is 13.5. The van der Waals surface area contributed by atoms with Gasteiger partial charge in [-0.25, -0.2) is 9.18 Å². The molecule has 196 valence electrons. The Morgan fingerprint density at radius 2 is 1.67 bits per heavy atom. The molecule has 1 aliphatic heterocycles. The Bertz CT molecular complexity index is 1060. The largest absolute Gasteiger partial charge is 0.490 e. The third-order valence-electron chi connectivity index (χ3n) is 5.26. The van der Waals surface area contributed by atoms with E-state index in [2.05, 4.69) is 5.32 Å². The Balaban J connectivity index is 0.000000572. The van der Waals surface area contributed by atoms with Gasteiger partial charge in [0, 0.05) is 51.3 Å². The van der Waals surface area contributed by atoms with Crippen molar-refractivity contribution in [1.82, 2.24) is 15.1 Å². The Hall–Kier alpha value is -3.18. The fourth-order valence-electron chi connectivity index (χ4n) is 3.28. The number of hydrogen-bond acceptors (Lipinski definition) is 4. The van der Waals surface area contributed by atoms with Crippen LogP contribution in [0.1, 0.15) is 27.9 Å². The Morgan fingerprint density at radius 1 is 1.08 bits per heavy atom. The van der Waals surface area contributed by atoms with Gasteiger partial charge in [-0.3, -0.25) is 9.59 Å². The van der Waals surface area contributed by atoms with Crippen LogP contribution >= 0.6 is 11.6 Å². The highest BCUT2D eigenvalue weighted by Gasteiger charge is 2.38. The lowest BCUT2D eigenvalue weighted by molar-refractivity contribution is -0.192. The monoisotopic (exact) mass is 531 g/mol. The molecule has 1 heterocycles. The lowest BCUT2D eigenvalue weighted by atomic mass is 10.1. The fourth-order valence-corrected chi connectivity index (χ4v) is 3.46. The highest BCUT2D eigenvalue weighted by atomic mass is 35.5. The summed E-state index contributed by atoms with van der Waals surface area (Å²) in [4.78, 5) is 38.0. The molecule has 0 saturated carbocycles. The molecular weight excluding hydrogens is 506 g/mol. The molecule has 7 nitrogen and oxygen atoms in total. The number of carboxylic acid groups (broad SMARTS) is 1. The minimum atomic E-state index is -5.08. The number of aliphatic carboxylic acids is 1.